The third-order valence-electron chi connectivity index (χ3n) is 4.11. The Balaban J connectivity index is 1.88. The Morgan fingerprint density at radius 3 is 2.67 bits per heavy atom. The van der Waals surface area contributed by atoms with E-state index >= 15 is 0 Å². The van der Waals surface area contributed by atoms with Crippen LogP contribution in [0.15, 0.2) is 23.2 Å². The number of halogens is 5. The number of rotatable bonds is 6. The quantitative estimate of drug-likeness (QED) is 0.716. The molecule has 0 atom stereocenters. The molecule has 27 heavy (non-hydrogen) atoms. The molecule has 5 nitrogen and oxygen atoms in total. The molecule has 0 spiro atoms. The molecule has 2 aromatic rings. The van der Waals surface area contributed by atoms with Crippen LogP contribution in [0.2, 0.25) is 0 Å². The lowest BCUT2D eigenvalue weighted by molar-refractivity contribution is -0.0133. The van der Waals surface area contributed by atoms with Crippen molar-refractivity contribution in [2.45, 2.75) is 30.1 Å². The summed E-state index contributed by atoms with van der Waals surface area (Å²) in [7, 11) is -4.35. The second-order valence-corrected chi connectivity index (χ2v) is 7.70. The molecule has 1 heterocycles. The van der Waals surface area contributed by atoms with E-state index in [0.29, 0.717) is 12.1 Å². The van der Waals surface area contributed by atoms with Crippen molar-refractivity contribution in [2.24, 2.45) is 0 Å². The fourth-order valence-electron chi connectivity index (χ4n) is 2.87. The minimum absolute atomic E-state index is 0.0910. The second kappa shape index (κ2) is 7.02. The van der Waals surface area contributed by atoms with Crippen LogP contribution >= 0.6 is 0 Å². The molecule has 2 N–H and O–H groups in total. The Kier molecular flexibility index (Phi) is 5.06. The van der Waals surface area contributed by atoms with Crippen LogP contribution in [0.25, 0.3) is 0 Å². The van der Waals surface area contributed by atoms with Crippen molar-refractivity contribution in [3.05, 3.63) is 41.2 Å². The van der Waals surface area contributed by atoms with Crippen LogP contribution in [0, 0.1) is 11.6 Å². The second-order valence-electron chi connectivity index (χ2n) is 6.05. The van der Waals surface area contributed by atoms with E-state index in [1.165, 1.54) is 0 Å². The third kappa shape index (κ3) is 4.02. The van der Waals surface area contributed by atoms with Crippen LogP contribution in [-0.2, 0) is 22.9 Å². The van der Waals surface area contributed by atoms with Gasteiger partial charge in [-0.25, -0.2) is 30.4 Å². The summed E-state index contributed by atoms with van der Waals surface area (Å²) in [6.07, 6.45) is -0.262. The number of ether oxygens (including phenoxy) is 1. The predicted molar refractivity (Wildman–Crippen MR) is 86.4 cm³/mol. The molecule has 0 fully saturated rings. The Morgan fingerprint density at radius 2 is 1.96 bits per heavy atom. The van der Waals surface area contributed by atoms with E-state index < -0.39 is 65.1 Å². The summed E-state index contributed by atoms with van der Waals surface area (Å²) in [6, 6.07) is 1.16. The number of H-pyrrole nitrogens is 1. The average Bonchev–Trinajstić information content (AvgIpc) is 2.99. The van der Waals surface area contributed by atoms with Crippen molar-refractivity contribution in [2.75, 3.05) is 18.0 Å². The monoisotopic (exact) mass is 410 g/mol. The zero-order valence-corrected chi connectivity index (χ0v) is 14.6. The summed E-state index contributed by atoms with van der Waals surface area (Å²) >= 11 is 0. The van der Waals surface area contributed by atoms with Gasteiger partial charge in [-0.3, -0.25) is 4.72 Å². The van der Waals surface area contributed by atoms with Crippen LogP contribution in [0.4, 0.5) is 27.6 Å². The van der Waals surface area contributed by atoms with Crippen molar-refractivity contribution in [1.82, 2.24) is 4.98 Å². The van der Waals surface area contributed by atoms with Gasteiger partial charge in [0.2, 0.25) is 0 Å². The maximum absolute atomic E-state index is 14.1. The molecule has 1 aliphatic carbocycles. The van der Waals surface area contributed by atoms with Gasteiger partial charge in [-0.05, 0) is 12.0 Å². The normalized spacial score (nSPS) is 16.0. The van der Waals surface area contributed by atoms with Crippen molar-refractivity contribution in [3.63, 3.8) is 0 Å². The molecule has 0 saturated heterocycles. The van der Waals surface area contributed by atoms with Crippen molar-refractivity contribution in [1.29, 1.82) is 0 Å². The summed E-state index contributed by atoms with van der Waals surface area (Å²) in [5.41, 5.74) is -0.401. The number of sulfonamides is 1. The molecule has 11 heteroatoms. The summed E-state index contributed by atoms with van der Waals surface area (Å²) < 4.78 is 98.6. The van der Waals surface area contributed by atoms with E-state index in [2.05, 4.69) is 9.72 Å². The van der Waals surface area contributed by atoms with Gasteiger partial charge in [-0.15, -0.1) is 0 Å². The highest BCUT2D eigenvalue weighted by atomic mass is 32.2. The number of alkyl halides is 3. The lowest BCUT2D eigenvalue weighted by atomic mass is 9.95. The van der Waals surface area contributed by atoms with E-state index in [1.807, 2.05) is 4.72 Å². The zero-order chi connectivity index (χ0) is 19.8. The van der Waals surface area contributed by atoms with E-state index in [4.69, 9.17) is 0 Å². The molecular formula is C16H15F5N2O3S. The fourth-order valence-corrected chi connectivity index (χ4v) is 4.19. The number of aromatic amines is 1. The van der Waals surface area contributed by atoms with Crippen LogP contribution in [-0.4, -0.2) is 32.6 Å². The van der Waals surface area contributed by atoms with E-state index in [0.717, 1.165) is 6.20 Å². The van der Waals surface area contributed by atoms with Crippen LogP contribution in [0.1, 0.15) is 17.7 Å². The molecule has 1 aliphatic rings. The van der Waals surface area contributed by atoms with Crippen LogP contribution in [0.3, 0.4) is 0 Å². The number of fused-ring (bicyclic) bond motifs is 1. The number of aromatic nitrogens is 1. The van der Waals surface area contributed by atoms with Gasteiger partial charge in [0.15, 0.2) is 17.4 Å². The summed E-state index contributed by atoms with van der Waals surface area (Å²) in [6.45, 7) is -1.39. The van der Waals surface area contributed by atoms with Crippen molar-refractivity contribution < 1.29 is 35.1 Å². The summed E-state index contributed by atoms with van der Waals surface area (Å²) in [5, 5.41) is 0. The fraction of sp³-hybridized carbons (Fsp3) is 0.375. The molecular weight excluding hydrogens is 395 g/mol. The summed E-state index contributed by atoms with van der Waals surface area (Å²) in [4.78, 5) is 2.21. The first-order valence-corrected chi connectivity index (χ1v) is 9.39. The standard InChI is InChI=1S/C16H15F5N2O3S/c17-3-4-26-14-6-10(18)12(5-11(14)19)23-27(24,25)15-8-22-13-7-16(20,21)2-1-9(13)15/h5-6,8,22-23H,1-4,7H2. The summed E-state index contributed by atoms with van der Waals surface area (Å²) in [5.74, 6) is -5.71. The van der Waals surface area contributed by atoms with Gasteiger partial charge in [0, 0.05) is 30.4 Å². The smallest absolute Gasteiger partial charge is 0.263 e. The van der Waals surface area contributed by atoms with Gasteiger partial charge in [0.1, 0.15) is 18.2 Å². The van der Waals surface area contributed by atoms with E-state index in [9.17, 15) is 30.4 Å². The van der Waals surface area contributed by atoms with Crippen LogP contribution < -0.4 is 9.46 Å². The maximum Gasteiger partial charge on any atom is 0.263 e. The number of benzene rings is 1. The van der Waals surface area contributed by atoms with Gasteiger partial charge in [0.05, 0.1) is 12.1 Å². The number of hydrogen-bond acceptors (Lipinski definition) is 3. The third-order valence-corrected chi connectivity index (χ3v) is 5.54. The Labute approximate surface area is 151 Å². The first-order valence-electron chi connectivity index (χ1n) is 7.90. The number of hydrogen-bond donors (Lipinski definition) is 2. The van der Waals surface area contributed by atoms with Gasteiger partial charge in [-0.2, -0.15) is 0 Å². The first kappa shape index (κ1) is 19.5. The molecule has 3 rings (SSSR count). The molecule has 0 saturated carbocycles. The minimum Gasteiger partial charge on any atom is -0.488 e. The minimum atomic E-state index is -4.35. The highest BCUT2D eigenvalue weighted by Crippen LogP contribution is 2.36. The number of anilines is 1. The molecule has 0 radical (unpaired) electrons. The molecule has 1 aromatic heterocycles. The van der Waals surface area contributed by atoms with Gasteiger partial charge in [-0.1, -0.05) is 0 Å². The van der Waals surface area contributed by atoms with E-state index in [1.54, 1.807) is 0 Å². The lowest BCUT2D eigenvalue weighted by Crippen LogP contribution is -2.26. The SMILES string of the molecule is O=S(=O)(Nc1cc(F)c(OCCF)cc1F)c1c[nH]c2c1CCC(F)(F)C2. The van der Waals surface area contributed by atoms with Crippen molar-refractivity contribution >= 4 is 15.7 Å². The largest absolute Gasteiger partial charge is 0.488 e. The topological polar surface area (TPSA) is 71.2 Å². The molecule has 0 amide bonds. The Bertz CT molecular complexity index is 959. The zero-order valence-electron chi connectivity index (χ0n) is 13.8. The Hall–Kier alpha value is -2.30. The van der Waals surface area contributed by atoms with E-state index in [-0.39, 0.29) is 22.6 Å². The maximum atomic E-state index is 14.1. The van der Waals surface area contributed by atoms with Gasteiger partial charge < -0.3 is 9.72 Å². The number of nitrogens with one attached hydrogen (secondary N) is 2. The Morgan fingerprint density at radius 1 is 1.22 bits per heavy atom. The lowest BCUT2D eigenvalue weighted by Gasteiger charge is -2.22. The van der Waals surface area contributed by atoms with Gasteiger partial charge in [0.25, 0.3) is 15.9 Å². The predicted octanol–water partition coefficient (Wildman–Crippen LogP) is 3.57. The van der Waals surface area contributed by atoms with Gasteiger partial charge >= 0.3 is 0 Å². The highest BCUT2D eigenvalue weighted by molar-refractivity contribution is 7.92. The molecule has 0 aliphatic heterocycles. The van der Waals surface area contributed by atoms with Crippen LogP contribution in [0.5, 0.6) is 5.75 Å². The molecule has 0 unspecified atom stereocenters. The molecule has 1 aromatic carbocycles. The molecule has 0 bridgehead atoms. The average molecular weight is 410 g/mol. The highest BCUT2D eigenvalue weighted by Gasteiger charge is 2.38. The first-order chi connectivity index (χ1) is 12.6. The van der Waals surface area contributed by atoms with Crippen molar-refractivity contribution in [3.8, 4) is 5.75 Å². The molecule has 148 valence electrons.